The Bertz CT molecular complexity index is 703. The Hall–Kier alpha value is -2.19. The molecule has 1 fully saturated rings. The third kappa shape index (κ3) is 3.96. The molecule has 8 heteroatoms. The monoisotopic (exact) mass is 320 g/mol. The van der Waals surface area contributed by atoms with Gasteiger partial charge in [0.25, 0.3) is 0 Å². The summed E-state index contributed by atoms with van der Waals surface area (Å²) in [5, 5.41) is 13.2. The maximum Gasteiger partial charge on any atom is 0.226 e. The fraction of sp³-hybridized carbons (Fsp3) is 0.533. The fourth-order valence-corrected chi connectivity index (χ4v) is 2.55. The Morgan fingerprint density at radius 3 is 2.52 bits per heavy atom. The number of hydrogen-bond acceptors (Lipinski definition) is 8. The molecule has 0 unspecified atom stereocenters. The van der Waals surface area contributed by atoms with Gasteiger partial charge in [0, 0.05) is 38.7 Å². The van der Waals surface area contributed by atoms with Crippen molar-refractivity contribution in [2.24, 2.45) is 0 Å². The highest BCUT2D eigenvalue weighted by atomic mass is 16.5. The predicted octanol–water partition coefficient (Wildman–Crippen LogP) is 0.609. The summed E-state index contributed by atoms with van der Waals surface area (Å²) in [6.07, 6.45) is 1.84. The highest BCUT2D eigenvalue weighted by molar-refractivity contribution is 5.15. The van der Waals surface area contributed by atoms with E-state index < -0.39 is 5.43 Å². The van der Waals surface area contributed by atoms with Crippen LogP contribution in [0, 0.1) is 0 Å². The van der Waals surface area contributed by atoms with Crippen molar-refractivity contribution in [1.29, 1.82) is 0 Å². The summed E-state index contributed by atoms with van der Waals surface area (Å²) in [6.45, 7) is 6.73. The summed E-state index contributed by atoms with van der Waals surface area (Å²) in [6, 6.07) is 1.34. The average molecular weight is 320 g/mol. The van der Waals surface area contributed by atoms with Crippen LogP contribution in [0.3, 0.4) is 0 Å². The number of rotatable bonds is 5. The SMILES string of the molecule is CCc1nc(CN2CCN(Cc3cc(=O)c(O)co3)CC2)no1. The molecule has 0 aliphatic carbocycles. The first-order valence-electron chi connectivity index (χ1n) is 7.71. The number of hydrogen-bond donors (Lipinski definition) is 1. The molecule has 124 valence electrons. The van der Waals surface area contributed by atoms with E-state index in [0.29, 0.717) is 24.7 Å². The van der Waals surface area contributed by atoms with Gasteiger partial charge in [0.15, 0.2) is 11.6 Å². The summed E-state index contributed by atoms with van der Waals surface area (Å²) in [5.74, 6) is 1.60. The Morgan fingerprint density at radius 1 is 1.22 bits per heavy atom. The van der Waals surface area contributed by atoms with E-state index in [4.69, 9.17) is 8.94 Å². The predicted molar refractivity (Wildman–Crippen MR) is 80.9 cm³/mol. The molecule has 0 atom stereocenters. The molecule has 8 nitrogen and oxygen atoms in total. The minimum atomic E-state index is -0.409. The lowest BCUT2D eigenvalue weighted by Gasteiger charge is -2.33. The van der Waals surface area contributed by atoms with Crippen LogP contribution in [0.1, 0.15) is 24.4 Å². The van der Waals surface area contributed by atoms with Gasteiger partial charge in [-0.1, -0.05) is 12.1 Å². The number of aryl methyl sites for hydroxylation is 1. The van der Waals surface area contributed by atoms with Crippen molar-refractivity contribution in [1.82, 2.24) is 19.9 Å². The van der Waals surface area contributed by atoms with E-state index in [0.717, 1.165) is 44.7 Å². The van der Waals surface area contributed by atoms with Crippen molar-refractivity contribution in [3.63, 3.8) is 0 Å². The molecule has 3 heterocycles. The first-order chi connectivity index (χ1) is 11.1. The van der Waals surface area contributed by atoms with E-state index in [-0.39, 0.29) is 5.75 Å². The first-order valence-corrected chi connectivity index (χ1v) is 7.71. The van der Waals surface area contributed by atoms with E-state index in [1.807, 2.05) is 6.92 Å². The van der Waals surface area contributed by atoms with Gasteiger partial charge in [-0.3, -0.25) is 14.6 Å². The summed E-state index contributed by atoms with van der Waals surface area (Å²) in [7, 11) is 0. The van der Waals surface area contributed by atoms with Gasteiger partial charge in [0.1, 0.15) is 12.0 Å². The van der Waals surface area contributed by atoms with Gasteiger partial charge in [-0.25, -0.2) is 0 Å². The van der Waals surface area contributed by atoms with Crippen molar-refractivity contribution in [3.05, 3.63) is 40.0 Å². The van der Waals surface area contributed by atoms with Crippen LogP contribution in [0.5, 0.6) is 5.75 Å². The molecule has 0 spiro atoms. The van der Waals surface area contributed by atoms with Gasteiger partial charge in [0.2, 0.25) is 11.3 Å². The number of aromatic nitrogens is 2. The van der Waals surface area contributed by atoms with E-state index in [1.54, 1.807) is 0 Å². The first kappa shape index (κ1) is 15.7. The van der Waals surface area contributed by atoms with Crippen molar-refractivity contribution < 1.29 is 14.0 Å². The number of aromatic hydroxyl groups is 1. The summed E-state index contributed by atoms with van der Waals surface area (Å²) in [4.78, 5) is 20.2. The molecule has 0 amide bonds. The molecule has 3 rings (SSSR count). The zero-order valence-electron chi connectivity index (χ0n) is 13.1. The van der Waals surface area contributed by atoms with Crippen molar-refractivity contribution in [2.75, 3.05) is 26.2 Å². The normalized spacial score (nSPS) is 16.7. The highest BCUT2D eigenvalue weighted by Crippen LogP contribution is 2.11. The third-order valence-electron chi connectivity index (χ3n) is 3.89. The molecule has 1 saturated heterocycles. The van der Waals surface area contributed by atoms with Crippen LogP contribution < -0.4 is 5.43 Å². The highest BCUT2D eigenvalue weighted by Gasteiger charge is 2.19. The van der Waals surface area contributed by atoms with Crippen LogP contribution in [0.4, 0.5) is 0 Å². The maximum atomic E-state index is 11.4. The molecule has 0 radical (unpaired) electrons. The zero-order chi connectivity index (χ0) is 16.2. The van der Waals surface area contributed by atoms with Crippen molar-refractivity contribution in [3.8, 4) is 5.75 Å². The van der Waals surface area contributed by atoms with Gasteiger partial charge in [-0.15, -0.1) is 0 Å². The molecule has 0 bridgehead atoms. The summed E-state index contributed by atoms with van der Waals surface area (Å²) < 4.78 is 10.4. The lowest BCUT2D eigenvalue weighted by Crippen LogP contribution is -2.45. The van der Waals surface area contributed by atoms with E-state index in [1.165, 1.54) is 6.07 Å². The molecular weight excluding hydrogens is 300 g/mol. The largest absolute Gasteiger partial charge is 0.502 e. The van der Waals surface area contributed by atoms with E-state index in [9.17, 15) is 9.90 Å². The second kappa shape index (κ2) is 6.93. The second-order valence-electron chi connectivity index (χ2n) is 5.61. The third-order valence-corrected chi connectivity index (χ3v) is 3.89. The van der Waals surface area contributed by atoms with Gasteiger partial charge >= 0.3 is 0 Å². The van der Waals surface area contributed by atoms with Gasteiger partial charge in [0.05, 0.1) is 13.1 Å². The Balaban J connectivity index is 1.49. The lowest BCUT2D eigenvalue weighted by atomic mass is 10.2. The molecule has 1 aliphatic heterocycles. The molecule has 1 N–H and O–H groups in total. The Morgan fingerprint density at radius 2 is 1.91 bits per heavy atom. The zero-order valence-corrected chi connectivity index (χ0v) is 13.1. The van der Waals surface area contributed by atoms with Crippen LogP contribution in [0.15, 0.2) is 26.1 Å². The molecule has 1 aliphatic rings. The Labute approximate surface area is 133 Å². The van der Waals surface area contributed by atoms with Crippen LogP contribution in [-0.2, 0) is 19.5 Å². The van der Waals surface area contributed by atoms with Crippen LogP contribution in [0.25, 0.3) is 0 Å². The van der Waals surface area contributed by atoms with E-state index in [2.05, 4.69) is 19.9 Å². The number of nitrogens with zero attached hydrogens (tertiary/aromatic N) is 4. The standard InChI is InChI=1S/C15H20N4O4/c1-2-15-16-14(17-23-15)9-19-5-3-18(4-6-19)8-11-7-12(20)13(21)10-22-11/h7,10,21H,2-6,8-9H2,1H3. The van der Waals surface area contributed by atoms with Crippen molar-refractivity contribution in [2.45, 2.75) is 26.4 Å². The summed E-state index contributed by atoms with van der Waals surface area (Å²) >= 11 is 0. The molecule has 2 aromatic rings. The topological polar surface area (TPSA) is 95.8 Å². The van der Waals surface area contributed by atoms with Gasteiger partial charge in [-0.05, 0) is 0 Å². The second-order valence-corrected chi connectivity index (χ2v) is 5.61. The molecule has 0 aromatic carbocycles. The maximum absolute atomic E-state index is 11.4. The van der Waals surface area contributed by atoms with Crippen molar-refractivity contribution >= 4 is 0 Å². The Kier molecular flexibility index (Phi) is 4.73. The van der Waals surface area contributed by atoms with Crippen LogP contribution in [-0.4, -0.2) is 51.2 Å². The average Bonchev–Trinajstić information content (AvgIpc) is 3.00. The quantitative estimate of drug-likeness (QED) is 0.856. The van der Waals surface area contributed by atoms with Crippen LogP contribution in [0.2, 0.25) is 0 Å². The minimum Gasteiger partial charge on any atom is -0.502 e. The molecule has 2 aromatic heterocycles. The van der Waals surface area contributed by atoms with Gasteiger partial charge in [-0.2, -0.15) is 4.98 Å². The molecule has 0 saturated carbocycles. The lowest BCUT2D eigenvalue weighted by molar-refractivity contribution is 0.112. The molecular formula is C15H20N4O4. The molecule has 23 heavy (non-hydrogen) atoms. The van der Waals surface area contributed by atoms with Crippen LogP contribution >= 0.6 is 0 Å². The van der Waals surface area contributed by atoms with Gasteiger partial charge < -0.3 is 14.0 Å². The fourth-order valence-electron chi connectivity index (χ4n) is 2.55. The summed E-state index contributed by atoms with van der Waals surface area (Å²) in [5.41, 5.74) is -0.409. The minimum absolute atomic E-state index is 0.356. The van der Waals surface area contributed by atoms with E-state index >= 15 is 0 Å². The number of piperazine rings is 1. The smallest absolute Gasteiger partial charge is 0.226 e.